The molecule has 1 aromatic carbocycles. The van der Waals surface area contributed by atoms with E-state index in [2.05, 4.69) is 5.10 Å². The molecule has 0 radical (unpaired) electrons. The molecule has 0 aliphatic rings. The zero-order valence-corrected chi connectivity index (χ0v) is 13.4. The molecule has 0 amide bonds. The van der Waals surface area contributed by atoms with E-state index >= 15 is 0 Å². The van der Waals surface area contributed by atoms with E-state index in [1.165, 1.54) is 0 Å². The van der Waals surface area contributed by atoms with E-state index in [1.807, 2.05) is 0 Å². The second kappa shape index (κ2) is 6.03. The number of rotatable bonds is 2. The molecule has 1 heterocycles. The van der Waals surface area contributed by atoms with E-state index in [0.29, 0.717) is 10.9 Å². The lowest BCUT2D eigenvalue weighted by Gasteiger charge is -2.13. The fourth-order valence-corrected chi connectivity index (χ4v) is 2.61. The van der Waals surface area contributed by atoms with Gasteiger partial charge in [0.05, 0.1) is 16.8 Å². The Kier molecular flexibility index (Phi) is 4.66. The van der Waals surface area contributed by atoms with Crippen LogP contribution in [-0.4, -0.2) is 14.9 Å². The number of hydrogen-bond donors (Lipinski definition) is 1. The third-order valence-electron chi connectivity index (χ3n) is 2.76. The van der Waals surface area contributed by atoms with Crippen LogP contribution in [0.2, 0.25) is 5.02 Å². The van der Waals surface area contributed by atoms with Crippen LogP contribution in [0.1, 0.15) is 11.1 Å². The Morgan fingerprint density at radius 2 is 2.00 bits per heavy atom. The van der Waals surface area contributed by atoms with Gasteiger partial charge in [0.1, 0.15) is 11.4 Å². The van der Waals surface area contributed by atoms with Gasteiger partial charge in [-0.15, -0.1) is 0 Å². The topological polar surface area (TPSA) is 55.1 Å². The quantitative estimate of drug-likeness (QED) is 0.433. The van der Waals surface area contributed by atoms with Crippen molar-refractivity contribution in [1.82, 2.24) is 9.78 Å². The van der Waals surface area contributed by atoms with Gasteiger partial charge < -0.3 is 5.11 Å². The smallest absolute Gasteiger partial charge is 0.418 e. The van der Waals surface area contributed by atoms with Gasteiger partial charge in [0, 0.05) is 16.1 Å². The van der Waals surface area contributed by atoms with Gasteiger partial charge in [-0.05, 0) is 6.07 Å². The molecule has 0 unspecified atom stereocenters. The summed E-state index contributed by atoms with van der Waals surface area (Å²) in [5, 5.41) is 12.5. The Labute approximate surface area is 139 Å². The van der Waals surface area contributed by atoms with Crippen LogP contribution in [0.4, 0.5) is 17.6 Å². The summed E-state index contributed by atoms with van der Waals surface area (Å²) in [7, 11) is 0. The first-order valence-corrected chi connectivity index (χ1v) is 7.50. The predicted molar refractivity (Wildman–Crippen MR) is 79.2 cm³/mol. The molecule has 10 heteroatoms. The molecular weight excluding hydrogens is 442 g/mol. The third kappa shape index (κ3) is 3.05. The molecule has 0 aliphatic heterocycles. The average molecular weight is 449 g/mol. The van der Waals surface area contributed by atoms with Crippen LogP contribution in [0.15, 0.2) is 23.1 Å². The van der Waals surface area contributed by atoms with Gasteiger partial charge in [-0.25, -0.2) is 4.39 Å². The Hall–Kier alpha value is -1.36. The molecule has 0 atom stereocenters. The highest BCUT2D eigenvalue weighted by atomic mass is 127. The number of hydrogen-bond acceptors (Lipinski definition) is 3. The van der Waals surface area contributed by atoms with Gasteiger partial charge in [-0.1, -0.05) is 34.2 Å². The van der Waals surface area contributed by atoms with Crippen LogP contribution in [0.25, 0.3) is 5.69 Å². The SMILES string of the molecule is O=c1c(CI)c(C(F)(F)F)cnn1-c1cc(O)c(Cl)cc1F. The van der Waals surface area contributed by atoms with E-state index in [-0.39, 0.29) is 9.45 Å². The van der Waals surface area contributed by atoms with Gasteiger partial charge >= 0.3 is 6.18 Å². The molecule has 22 heavy (non-hydrogen) atoms. The minimum atomic E-state index is -4.74. The van der Waals surface area contributed by atoms with Crippen molar-refractivity contribution in [3.63, 3.8) is 0 Å². The summed E-state index contributed by atoms with van der Waals surface area (Å²) in [6.07, 6.45) is -4.30. The van der Waals surface area contributed by atoms with Crippen molar-refractivity contribution in [2.45, 2.75) is 10.6 Å². The molecule has 1 N–H and O–H groups in total. The van der Waals surface area contributed by atoms with Gasteiger partial charge in [0.2, 0.25) is 0 Å². The molecule has 0 saturated carbocycles. The zero-order chi connectivity index (χ0) is 16.7. The lowest BCUT2D eigenvalue weighted by Crippen LogP contribution is -2.28. The molecule has 4 nitrogen and oxygen atoms in total. The van der Waals surface area contributed by atoms with Crippen LogP contribution >= 0.6 is 34.2 Å². The Balaban J connectivity index is 2.74. The average Bonchev–Trinajstić information content (AvgIpc) is 2.42. The largest absolute Gasteiger partial charge is 0.506 e. The van der Waals surface area contributed by atoms with E-state index in [9.17, 15) is 27.5 Å². The summed E-state index contributed by atoms with van der Waals surface area (Å²) >= 11 is 7.11. The molecule has 118 valence electrons. The highest BCUT2D eigenvalue weighted by Crippen LogP contribution is 2.32. The number of halogens is 6. The first-order valence-electron chi connectivity index (χ1n) is 5.59. The number of benzene rings is 1. The summed E-state index contributed by atoms with van der Waals surface area (Å²) in [5.41, 5.74) is -3.35. The lowest BCUT2D eigenvalue weighted by atomic mass is 10.2. The Morgan fingerprint density at radius 1 is 1.36 bits per heavy atom. The van der Waals surface area contributed by atoms with Crippen molar-refractivity contribution in [3.05, 3.63) is 50.7 Å². The second-order valence-corrected chi connectivity index (χ2v) is 5.31. The Morgan fingerprint density at radius 3 is 2.55 bits per heavy atom. The number of nitrogens with zero attached hydrogens (tertiary/aromatic N) is 2. The highest BCUT2D eigenvalue weighted by Gasteiger charge is 2.35. The number of aromatic hydroxyl groups is 1. The molecule has 0 spiro atoms. The molecule has 1 aromatic heterocycles. The van der Waals surface area contributed by atoms with Crippen LogP contribution in [0.3, 0.4) is 0 Å². The monoisotopic (exact) mass is 448 g/mol. The standard InChI is InChI=1S/C12H6ClF4IN2O2/c13-7-1-8(14)9(2-10(7)21)20-11(22)5(3-18)6(4-19-20)12(15,16)17/h1-2,4,21H,3H2. The van der Waals surface area contributed by atoms with E-state index < -0.39 is 40.1 Å². The molecular formula is C12H6ClF4IN2O2. The first-order chi connectivity index (χ1) is 10.2. The van der Waals surface area contributed by atoms with E-state index in [0.717, 1.165) is 12.1 Å². The number of aromatic nitrogens is 2. The molecule has 0 aliphatic carbocycles. The van der Waals surface area contributed by atoms with Crippen molar-refractivity contribution in [1.29, 1.82) is 0 Å². The fourth-order valence-electron chi connectivity index (χ4n) is 1.72. The minimum absolute atomic E-state index is 0.241. The number of alkyl halides is 4. The number of phenols is 1. The van der Waals surface area contributed by atoms with Crippen LogP contribution in [-0.2, 0) is 10.6 Å². The highest BCUT2D eigenvalue weighted by molar-refractivity contribution is 14.1. The van der Waals surface area contributed by atoms with Crippen molar-refractivity contribution >= 4 is 34.2 Å². The van der Waals surface area contributed by atoms with Crippen molar-refractivity contribution < 1.29 is 22.7 Å². The van der Waals surface area contributed by atoms with Crippen LogP contribution in [0.5, 0.6) is 5.75 Å². The molecule has 0 bridgehead atoms. The van der Waals surface area contributed by atoms with Crippen molar-refractivity contribution in [2.75, 3.05) is 0 Å². The van der Waals surface area contributed by atoms with Gasteiger partial charge in [0.25, 0.3) is 5.56 Å². The summed E-state index contributed by atoms with van der Waals surface area (Å²) in [4.78, 5) is 12.1. The molecule has 0 saturated heterocycles. The maximum atomic E-state index is 13.8. The summed E-state index contributed by atoms with van der Waals surface area (Å²) in [6, 6.07) is 1.55. The normalized spacial score (nSPS) is 11.7. The molecule has 2 aromatic rings. The van der Waals surface area contributed by atoms with Crippen molar-refractivity contribution in [2.24, 2.45) is 0 Å². The van der Waals surface area contributed by atoms with Gasteiger partial charge in [-0.3, -0.25) is 4.79 Å². The van der Waals surface area contributed by atoms with Crippen LogP contribution < -0.4 is 5.56 Å². The summed E-state index contributed by atoms with van der Waals surface area (Å²) in [5.74, 6) is -1.53. The van der Waals surface area contributed by atoms with Crippen LogP contribution in [0, 0.1) is 5.82 Å². The minimum Gasteiger partial charge on any atom is -0.506 e. The maximum absolute atomic E-state index is 13.8. The van der Waals surface area contributed by atoms with E-state index in [1.54, 1.807) is 22.6 Å². The zero-order valence-electron chi connectivity index (χ0n) is 10.5. The maximum Gasteiger partial charge on any atom is 0.418 e. The van der Waals surface area contributed by atoms with E-state index in [4.69, 9.17) is 11.6 Å². The third-order valence-corrected chi connectivity index (χ3v) is 3.83. The van der Waals surface area contributed by atoms with Gasteiger partial charge in [0.15, 0.2) is 5.82 Å². The fraction of sp³-hybridized carbons (Fsp3) is 0.167. The summed E-state index contributed by atoms with van der Waals surface area (Å²) in [6.45, 7) is 0. The predicted octanol–water partition coefficient (Wildman–Crippen LogP) is 3.68. The molecule has 2 rings (SSSR count). The first kappa shape index (κ1) is 17.0. The van der Waals surface area contributed by atoms with Crippen molar-refractivity contribution in [3.8, 4) is 11.4 Å². The summed E-state index contributed by atoms with van der Waals surface area (Å²) < 4.78 is 52.5. The lowest BCUT2D eigenvalue weighted by molar-refractivity contribution is -0.138. The van der Waals surface area contributed by atoms with Gasteiger partial charge in [-0.2, -0.15) is 23.0 Å². The molecule has 0 fully saturated rings. The second-order valence-electron chi connectivity index (χ2n) is 4.14. The number of phenolic OH excluding ortho intramolecular Hbond substituents is 1. The Bertz CT molecular complexity index is 792.